The Bertz CT molecular complexity index is 676. The minimum absolute atomic E-state index is 0.196. The monoisotopic (exact) mass is 484 g/mol. The molecule has 0 saturated carbocycles. The van der Waals surface area contributed by atoms with Crippen LogP contribution < -0.4 is 27.8 Å². The Morgan fingerprint density at radius 1 is 1.00 bits per heavy atom. The number of hydrogen-bond donors (Lipinski definition) is 6. The minimum atomic E-state index is -1.05. The highest BCUT2D eigenvalue weighted by molar-refractivity contribution is 5.94. The molecule has 1 aliphatic rings. The summed E-state index contributed by atoms with van der Waals surface area (Å²) in [4.78, 5) is 52.0. The van der Waals surface area contributed by atoms with Gasteiger partial charge in [-0.3, -0.25) is 14.4 Å². The molecular weight excluding hydrogens is 440 g/mol. The van der Waals surface area contributed by atoms with E-state index in [-0.39, 0.29) is 5.92 Å². The normalized spacial score (nSPS) is 19.2. The van der Waals surface area contributed by atoms with Gasteiger partial charge in [-0.2, -0.15) is 0 Å². The molecule has 0 aromatic heterocycles. The number of amides is 3. The van der Waals surface area contributed by atoms with Crippen molar-refractivity contribution in [3.63, 3.8) is 0 Å². The molecule has 34 heavy (non-hydrogen) atoms. The van der Waals surface area contributed by atoms with Crippen molar-refractivity contribution in [2.45, 2.75) is 95.8 Å². The first kappa shape index (κ1) is 29.8. The van der Waals surface area contributed by atoms with Crippen LogP contribution in [0.3, 0.4) is 0 Å². The zero-order valence-electron chi connectivity index (χ0n) is 20.6. The van der Waals surface area contributed by atoms with Crippen molar-refractivity contribution in [2.24, 2.45) is 23.1 Å². The standard InChI is InChI=1S/C23H44N6O5/c1-3-15(2)19(28-20(30)16(26)9-4-6-12-24)21(31)27-17(10-5-7-13-25)22(32)29-14-8-11-18(29)23(33)34/h15-19H,3-14,24-26H2,1-2H3,(H,27,31)(H,28,30)(H,33,34). The lowest BCUT2D eigenvalue weighted by molar-refractivity contribution is -0.149. The number of carbonyl (C=O) groups excluding carboxylic acids is 3. The van der Waals surface area contributed by atoms with Crippen LogP contribution in [-0.4, -0.2) is 77.5 Å². The van der Waals surface area contributed by atoms with Gasteiger partial charge >= 0.3 is 5.97 Å². The summed E-state index contributed by atoms with van der Waals surface area (Å²) in [5.74, 6) is -2.56. The maximum Gasteiger partial charge on any atom is 0.326 e. The van der Waals surface area contributed by atoms with Gasteiger partial charge in [0.2, 0.25) is 17.7 Å². The Morgan fingerprint density at radius 3 is 2.18 bits per heavy atom. The molecule has 1 heterocycles. The highest BCUT2D eigenvalue weighted by Crippen LogP contribution is 2.20. The lowest BCUT2D eigenvalue weighted by Gasteiger charge is -2.30. The van der Waals surface area contributed by atoms with Gasteiger partial charge in [0, 0.05) is 6.54 Å². The van der Waals surface area contributed by atoms with Crippen molar-refractivity contribution >= 4 is 23.7 Å². The van der Waals surface area contributed by atoms with E-state index in [0.717, 1.165) is 6.42 Å². The molecule has 196 valence electrons. The van der Waals surface area contributed by atoms with Gasteiger partial charge in [0.15, 0.2) is 0 Å². The Morgan fingerprint density at radius 2 is 1.62 bits per heavy atom. The fraction of sp³-hybridized carbons (Fsp3) is 0.826. The van der Waals surface area contributed by atoms with Crippen molar-refractivity contribution in [2.75, 3.05) is 19.6 Å². The molecule has 3 amide bonds. The molecule has 5 atom stereocenters. The van der Waals surface area contributed by atoms with Crippen LogP contribution in [0, 0.1) is 5.92 Å². The molecule has 11 nitrogen and oxygen atoms in total. The molecule has 5 unspecified atom stereocenters. The Labute approximate surface area is 202 Å². The number of unbranched alkanes of at least 4 members (excludes halogenated alkanes) is 2. The summed E-state index contributed by atoms with van der Waals surface area (Å²) >= 11 is 0. The van der Waals surface area contributed by atoms with Crippen LogP contribution in [0.2, 0.25) is 0 Å². The van der Waals surface area contributed by atoms with Gasteiger partial charge in [-0.1, -0.05) is 26.7 Å². The molecule has 1 fully saturated rings. The predicted octanol–water partition coefficient (Wildman–Crippen LogP) is -0.337. The molecule has 0 aliphatic carbocycles. The molecule has 9 N–H and O–H groups in total. The van der Waals surface area contributed by atoms with Gasteiger partial charge in [-0.05, 0) is 64.0 Å². The van der Waals surface area contributed by atoms with Crippen LogP contribution in [0.15, 0.2) is 0 Å². The average Bonchev–Trinajstić information content (AvgIpc) is 3.31. The van der Waals surface area contributed by atoms with Crippen molar-refractivity contribution in [1.29, 1.82) is 0 Å². The quantitative estimate of drug-likeness (QED) is 0.160. The van der Waals surface area contributed by atoms with E-state index in [2.05, 4.69) is 10.6 Å². The molecule has 0 radical (unpaired) electrons. The topological polar surface area (TPSA) is 194 Å². The third-order valence-electron chi connectivity index (χ3n) is 6.48. The van der Waals surface area contributed by atoms with Crippen molar-refractivity contribution in [1.82, 2.24) is 15.5 Å². The average molecular weight is 485 g/mol. The number of nitrogens with zero attached hydrogens (tertiary/aromatic N) is 1. The molecule has 11 heteroatoms. The van der Waals surface area contributed by atoms with Crippen LogP contribution in [0.4, 0.5) is 0 Å². The number of nitrogens with two attached hydrogens (primary N) is 3. The largest absolute Gasteiger partial charge is 0.480 e. The summed E-state index contributed by atoms with van der Waals surface area (Å²) in [5, 5.41) is 15.0. The lowest BCUT2D eigenvalue weighted by Crippen LogP contribution is -2.58. The van der Waals surface area contributed by atoms with E-state index in [1.165, 1.54) is 4.90 Å². The number of hydrogen-bond acceptors (Lipinski definition) is 7. The molecule has 0 spiro atoms. The highest BCUT2D eigenvalue weighted by atomic mass is 16.4. The van der Waals surface area contributed by atoms with Crippen LogP contribution in [0.25, 0.3) is 0 Å². The number of aliphatic carboxylic acids is 1. The Hall–Kier alpha value is -2.24. The maximum atomic E-state index is 13.2. The fourth-order valence-electron chi connectivity index (χ4n) is 4.10. The first-order chi connectivity index (χ1) is 16.2. The Kier molecular flexibility index (Phi) is 13.7. The number of likely N-dealkylation sites (tertiary alicyclic amines) is 1. The zero-order chi connectivity index (χ0) is 25.7. The summed E-state index contributed by atoms with van der Waals surface area (Å²) < 4.78 is 0. The first-order valence-corrected chi connectivity index (χ1v) is 12.5. The van der Waals surface area contributed by atoms with Crippen LogP contribution in [0.1, 0.15) is 71.6 Å². The number of nitrogens with one attached hydrogen (secondary N) is 2. The molecule has 0 bridgehead atoms. The Balaban J connectivity index is 2.96. The fourth-order valence-corrected chi connectivity index (χ4v) is 4.10. The first-order valence-electron chi connectivity index (χ1n) is 12.5. The van der Waals surface area contributed by atoms with E-state index < -0.39 is 47.9 Å². The molecule has 1 saturated heterocycles. The van der Waals surface area contributed by atoms with Gasteiger partial charge in [0.05, 0.1) is 6.04 Å². The van der Waals surface area contributed by atoms with E-state index in [1.807, 2.05) is 13.8 Å². The second kappa shape index (κ2) is 15.6. The van der Waals surface area contributed by atoms with Crippen LogP contribution >= 0.6 is 0 Å². The number of carboxylic acids is 1. The molecule has 0 aromatic carbocycles. The summed E-state index contributed by atoms with van der Waals surface area (Å²) in [7, 11) is 0. The van der Waals surface area contributed by atoms with Gasteiger partial charge in [-0.25, -0.2) is 4.79 Å². The third-order valence-corrected chi connectivity index (χ3v) is 6.48. The van der Waals surface area contributed by atoms with Gasteiger partial charge in [-0.15, -0.1) is 0 Å². The zero-order valence-corrected chi connectivity index (χ0v) is 20.6. The van der Waals surface area contributed by atoms with E-state index in [4.69, 9.17) is 17.2 Å². The summed E-state index contributed by atoms with van der Waals surface area (Å²) in [5.41, 5.74) is 17.1. The van der Waals surface area contributed by atoms with Crippen molar-refractivity contribution in [3.05, 3.63) is 0 Å². The maximum absolute atomic E-state index is 13.2. The van der Waals surface area contributed by atoms with Crippen LogP contribution in [-0.2, 0) is 19.2 Å². The number of rotatable bonds is 16. The summed E-state index contributed by atoms with van der Waals surface area (Å²) in [6.45, 7) is 5.05. The van der Waals surface area contributed by atoms with E-state index >= 15 is 0 Å². The summed E-state index contributed by atoms with van der Waals surface area (Å²) in [6.07, 6.45) is 5.16. The number of carboxylic acid groups (broad SMARTS) is 1. The highest BCUT2D eigenvalue weighted by Gasteiger charge is 2.38. The summed E-state index contributed by atoms with van der Waals surface area (Å²) in [6, 6.07) is -3.40. The van der Waals surface area contributed by atoms with Crippen LogP contribution in [0.5, 0.6) is 0 Å². The second-order valence-corrected chi connectivity index (χ2v) is 9.14. The van der Waals surface area contributed by atoms with E-state index in [9.17, 15) is 24.3 Å². The van der Waals surface area contributed by atoms with Gasteiger partial charge in [0.25, 0.3) is 0 Å². The number of carbonyl (C=O) groups is 4. The third kappa shape index (κ3) is 9.19. The molecule has 1 rings (SSSR count). The smallest absolute Gasteiger partial charge is 0.326 e. The second-order valence-electron chi connectivity index (χ2n) is 9.14. The minimum Gasteiger partial charge on any atom is -0.480 e. The molecular formula is C23H44N6O5. The van der Waals surface area contributed by atoms with E-state index in [1.54, 1.807) is 0 Å². The van der Waals surface area contributed by atoms with Crippen molar-refractivity contribution < 1.29 is 24.3 Å². The van der Waals surface area contributed by atoms with Crippen molar-refractivity contribution in [3.8, 4) is 0 Å². The molecule has 0 aromatic rings. The van der Waals surface area contributed by atoms with Gasteiger partial charge in [0.1, 0.15) is 18.1 Å². The van der Waals surface area contributed by atoms with Gasteiger partial charge < -0.3 is 37.8 Å². The predicted molar refractivity (Wildman–Crippen MR) is 129 cm³/mol. The SMILES string of the molecule is CCC(C)C(NC(=O)C(N)CCCCN)C(=O)NC(CCCCN)C(=O)N1CCCC1C(=O)O. The molecule has 1 aliphatic heterocycles. The van der Waals surface area contributed by atoms with E-state index in [0.29, 0.717) is 71.0 Å². The lowest BCUT2D eigenvalue weighted by atomic mass is 9.96.